The van der Waals surface area contributed by atoms with Gasteiger partial charge < -0.3 is 4.74 Å². The first-order valence-electron chi connectivity index (χ1n) is 9.04. The van der Waals surface area contributed by atoms with E-state index in [0.717, 1.165) is 18.4 Å². The lowest BCUT2D eigenvalue weighted by atomic mass is 10.0. The smallest absolute Gasteiger partial charge is 0.200 e. The maximum Gasteiger partial charge on any atom is 0.200 e. The topological polar surface area (TPSA) is 9.23 Å². The van der Waals surface area contributed by atoms with E-state index in [9.17, 15) is 13.2 Å². The Hall–Kier alpha value is -2.23. The van der Waals surface area contributed by atoms with Crippen LogP contribution < -0.4 is 4.74 Å². The number of ether oxygens (including phenoxy) is 1. The van der Waals surface area contributed by atoms with Gasteiger partial charge in [0.1, 0.15) is 0 Å². The first kappa shape index (κ1) is 20.1. The Balaban J connectivity index is 1.89. The van der Waals surface area contributed by atoms with Crippen molar-refractivity contribution in [3.63, 3.8) is 0 Å². The number of alkyl halides is 1. The minimum Gasteiger partial charge on any atom is -0.491 e. The van der Waals surface area contributed by atoms with Crippen molar-refractivity contribution in [2.45, 2.75) is 39.0 Å². The van der Waals surface area contributed by atoms with E-state index in [1.54, 1.807) is 13.0 Å². The normalized spacial score (nSPS) is 11.2. The molecule has 140 valence electrons. The molecular formula is C22H25F3O. The fraction of sp³-hybridized carbons (Fsp3) is 0.364. The van der Waals surface area contributed by atoms with Gasteiger partial charge in [0, 0.05) is 0 Å². The molecular weight excluding hydrogens is 337 g/mol. The fourth-order valence-electron chi connectivity index (χ4n) is 2.73. The molecule has 26 heavy (non-hydrogen) atoms. The SMILES string of the molecule is CCOc1ccc(CCc2ccc(CC/C=C/CCF)cc2)c(F)c1F. The summed E-state index contributed by atoms with van der Waals surface area (Å²) in [6.45, 7) is 1.72. The van der Waals surface area contributed by atoms with Gasteiger partial charge in [0.15, 0.2) is 11.6 Å². The van der Waals surface area contributed by atoms with Gasteiger partial charge in [-0.05, 0) is 61.8 Å². The number of allylic oxidation sites excluding steroid dienone is 2. The summed E-state index contributed by atoms with van der Waals surface area (Å²) in [6, 6.07) is 11.2. The molecule has 0 fully saturated rings. The Kier molecular flexibility index (Phi) is 8.26. The molecule has 0 N–H and O–H groups in total. The highest BCUT2D eigenvalue weighted by atomic mass is 19.2. The van der Waals surface area contributed by atoms with E-state index in [1.165, 1.54) is 11.6 Å². The third-order valence-electron chi connectivity index (χ3n) is 4.17. The van der Waals surface area contributed by atoms with Gasteiger partial charge in [-0.15, -0.1) is 0 Å². The zero-order valence-electron chi connectivity index (χ0n) is 15.1. The van der Waals surface area contributed by atoms with E-state index in [-0.39, 0.29) is 12.4 Å². The van der Waals surface area contributed by atoms with Crippen molar-refractivity contribution in [1.29, 1.82) is 0 Å². The van der Waals surface area contributed by atoms with Crippen LogP contribution in [0, 0.1) is 11.6 Å². The van der Waals surface area contributed by atoms with Gasteiger partial charge in [0.2, 0.25) is 5.82 Å². The average Bonchev–Trinajstić information content (AvgIpc) is 2.66. The highest BCUT2D eigenvalue weighted by Gasteiger charge is 2.14. The lowest BCUT2D eigenvalue weighted by Gasteiger charge is -2.09. The minimum atomic E-state index is -0.916. The van der Waals surface area contributed by atoms with E-state index in [1.807, 2.05) is 36.4 Å². The zero-order valence-corrected chi connectivity index (χ0v) is 15.1. The predicted molar refractivity (Wildman–Crippen MR) is 99.4 cm³/mol. The van der Waals surface area contributed by atoms with Crippen LogP contribution in [0.15, 0.2) is 48.6 Å². The molecule has 0 aliphatic rings. The molecule has 0 saturated carbocycles. The summed E-state index contributed by atoms with van der Waals surface area (Å²) in [5.41, 5.74) is 2.64. The maximum atomic E-state index is 14.1. The molecule has 2 aromatic carbocycles. The molecule has 0 heterocycles. The monoisotopic (exact) mass is 362 g/mol. The van der Waals surface area contributed by atoms with Crippen LogP contribution in [0.5, 0.6) is 5.75 Å². The molecule has 0 saturated heterocycles. The highest BCUT2D eigenvalue weighted by Crippen LogP contribution is 2.24. The molecule has 0 aliphatic heterocycles. The van der Waals surface area contributed by atoms with Gasteiger partial charge in [-0.1, -0.05) is 42.5 Å². The van der Waals surface area contributed by atoms with Crippen LogP contribution in [-0.4, -0.2) is 13.3 Å². The van der Waals surface area contributed by atoms with Crippen molar-refractivity contribution in [2.75, 3.05) is 13.3 Å². The summed E-state index contributed by atoms with van der Waals surface area (Å²) in [4.78, 5) is 0. The maximum absolute atomic E-state index is 14.1. The van der Waals surface area contributed by atoms with Crippen LogP contribution in [0.3, 0.4) is 0 Å². The fourth-order valence-corrected chi connectivity index (χ4v) is 2.73. The average molecular weight is 362 g/mol. The van der Waals surface area contributed by atoms with Gasteiger partial charge in [0.05, 0.1) is 13.3 Å². The molecule has 0 radical (unpaired) electrons. The molecule has 1 nitrogen and oxygen atoms in total. The predicted octanol–water partition coefficient (Wildman–Crippen LogP) is 6.00. The zero-order chi connectivity index (χ0) is 18.8. The Labute approximate surface area is 153 Å². The van der Waals surface area contributed by atoms with Gasteiger partial charge in [0.25, 0.3) is 0 Å². The van der Waals surface area contributed by atoms with Crippen molar-refractivity contribution >= 4 is 0 Å². The first-order chi connectivity index (χ1) is 12.7. The van der Waals surface area contributed by atoms with Crippen molar-refractivity contribution in [3.8, 4) is 5.75 Å². The standard InChI is InChI=1S/C22H25F3O/c1-2-26-20-15-14-19(21(24)22(20)25)13-12-18-10-8-17(9-11-18)7-5-3-4-6-16-23/h3-4,8-11,14-15H,2,5-7,12-13,16H2,1H3/b4-3+. The van der Waals surface area contributed by atoms with Crippen LogP contribution in [0.2, 0.25) is 0 Å². The second-order valence-corrected chi connectivity index (χ2v) is 6.09. The summed E-state index contributed by atoms with van der Waals surface area (Å²) in [7, 11) is 0. The molecule has 2 aromatic rings. The van der Waals surface area contributed by atoms with Gasteiger partial charge in [-0.25, -0.2) is 4.39 Å². The second-order valence-electron chi connectivity index (χ2n) is 6.09. The van der Waals surface area contributed by atoms with E-state index in [4.69, 9.17) is 4.74 Å². The number of hydrogen-bond donors (Lipinski definition) is 0. The third-order valence-corrected chi connectivity index (χ3v) is 4.17. The summed E-state index contributed by atoms with van der Waals surface area (Å²) in [5.74, 6) is -1.79. The van der Waals surface area contributed by atoms with E-state index < -0.39 is 11.6 Å². The van der Waals surface area contributed by atoms with Crippen LogP contribution in [0.4, 0.5) is 13.2 Å². The van der Waals surface area contributed by atoms with Gasteiger partial charge in [-0.3, -0.25) is 4.39 Å². The lowest BCUT2D eigenvalue weighted by molar-refractivity contribution is 0.313. The molecule has 4 heteroatoms. The summed E-state index contributed by atoms with van der Waals surface area (Å²) in [6.07, 6.45) is 7.19. The number of hydrogen-bond acceptors (Lipinski definition) is 1. The summed E-state index contributed by atoms with van der Waals surface area (Å²) < 4.78 is 45.0. The lowest BCUT2D eigenvalue weighted by Crippen LogP contribution is -2.02. The molecule has 2 rings (SSSR count). The van der Waals surface area contributed by atoms with Crippen molar-refractivity contribution in [3.05, 3.63) is 76.9 Å². The number of halogens is 3. The quantitative estimate of drug-likeness (QED) is 0.471. The highest BCUT2D eigenvalue weighted by molar-refractivity contribution is 5.32. The Morgan fingerprint density at radius 2 is 1.46 bits per heavy atom. The summed E-state index contributed by atoms with van der Waals surface area (Å²) >= 11 is 0. The van der Waals surface area contributed by atoms with Crippen LogP contribution >= 0.6 is 0 Å². The Morgan fingerprint density at radius 3 is 2.12 bits per heavy atom. The largest absolute Gasteiger partial charge is 0.491 e. The molecule has 0 spiro atoms. The van der Waals surface area contributed by atoms with Gasteiger partial charge >= 0.3 is 0 Å². The van der Waals surface area contributed by atoms with Crippen LogP contribution in [0.1, 0.15) is 36.5 Å². The van der Waals surface area contributed by atoms with Crippen molar-refractivity contribution < 1.29 is 17.9 Å². The molecule has 0 bridgehead atoms. The van der Waals surface area contributed by atoms with E-state index >= 15 is 0 Å². The van der Waals surface area contributed by atoms with Crippen LogP contribution in [0.25, 0.3) is 0 Å². The van der Waals surface area contributed by atoms with E-state index in [2.05, 4.69) is 0 Å². The molecule has 0 aliphatic carbocycles. The van der Waals surface area contributed by atoms with Crippen molar-refractivity contribution in [1.82, 2.24) is 0 Å². The molecule has 0 amide bonds. The number of benzene rings is 2. The van der Waals surface area contributed by atoms with Gasteiger partial charge in [-0.2, -0.15) is 4.39 Å². The third kappa shape index (κ3) is 5.94. The Bertz CT molecular complexity index is 708. The molecule has 0 aromatic heterocycles. The number of aryl methyl sites for hydroxylation is 3. The minimum absolute atomic E-state index is 0.0429. The first-order valence-corrected chi connectivity index (χ1v) is 9.04. The molecule has 0 atom stereocenters. The Morgan fingerprint density at radius 1 is 0.808 bits per heavy atom. The summed E-state index contributed by atoms with van der Waals surface area (Å²) in [5, 5.41) is 0. The van der Waals surface area contributed by atoms with Crippen LogP contribution in [-0.2, 0) is 19.3 Å². The number of rotatable bonds is 10. The second kappa shape index (κ2) is 10.7. The molecule has 0 unspecified atom stereocenters. The van der Waals surface area contributed by atoms with Crippen molar-refractivity contribution in [2.24, 2.45) is 0 Å². The van der Waals surface area contributed by atoms with E-state index in [0.29, 0.717) is 31.4 Å².